The van der Waals surface area contributed by atoms with Gasteiger partial charge in [-0.1, -0.05) is 31.5 Å². The van der Waals surface area contributed by atoms with E-state index >= 15 is 0 Å². The van der Waals surface area contributed by atoms with Crippen molar-refractivity contribution < 1.29 is 0 Å². The Morgan fingerprint density at radius 3 is 2.71 bits per heavy atom. The minimum absolute atomic E-state index is 0.300. The monoisotopic (exact) mass is 227 g/mol. The van der Waals surface area contributed by atoms with E-state index in [-0.39, 0.29) is 0 Å². The Kier molecular flexibility index (Phi) is 3.53. The van der Waals surface area contributed by atoms with E-state index in [1.165, 1.54) is 6.42 Å². The molecule has 1 aliphatic rings. The second-order valence-electron chi connectivity index (χ2n) is 4.72. The Morgan fingerprint density at radius 1 is 1.29 bits per heavy atom. The zero-order valence-corrected chi connectivity index (χ0v) is 10.1. The van der Waals surface area contributed by atoms with Crippen LogP contribution < -0.4 is 0 Å². The minimum Gasteiger partial charge on any atom is -0.196 e. The fourth-order valence-corrected chi connectivity index (χ4v) is 2.31. The summed E-state index contributed by atoms with van der Waals surface area (Å²) in [5, 5.41) is 18.0. The molecule has 0 heterocycles. The van der Waals surface area contributed by atoms with Crippen LogP contribution in [0.5, 0.6) is 0 Å². The van der Waals surface area contributed by atoms with Crippen LogP contribution in [-0.4, -0.2) is 5.54 Å². The molecule has 1 fully saturated rings. The zero-order chi connectivity index (χ0) is 12.1. The van der Waals surface area contributed by atoms with Gasteiger partial charge in [0, 0.05) is 0 Å². The third-order valence-corrected chi connectivity index (χ3v) is 3.55. The van der Waals surface area contributed by atoms with Gasteiger partial charge in [0.1, 0.15) is 0 Å². The Bertz CT molecular complexity index is 433. The standard InChI is InChI=1S/C14H17N3/c1-12-7-5-6-10-14(12,11-15)17-16-13-8-3-2-4-9-13/h2-4,8-9,12H,5-7,10H2,1H3. The summed E-state index contributed by atoms with van der Waals surface area (Å²) < 4.78 is 0. The predicted octanol–water partition coefficient (Wildman–Crippen LogP) is 4.24. The highest BCUT2D eigenvalue weighted by atomic mass is 15.2. The molecule has 1 saturated carbocycles. The molecule has 0 amide bonds. The minimum atomic E-state index is -0.603. The molecule has 1 aliphatic carbocycles. The fourth-order valence-electron chi connectivity index (χ4n) is 2.31. The molecule has 0 spiro atoms. The summed E-state index contributed by atoms with van der Waals surface area (Å²) in [4.78, 5) is 0. The predicted molar refractivity (Wildman–Crippen MR) is 66.9 cm³/mol. The highest BCUT2D eigenvalue weighted by molar-refractivity contribution is 5.35. The van der Waals surface area contributed by atoms with Crippen molar-refractivity contribution in [2.24, 2.45) is 16.1 Å². The third-order valence-electron chi connectivity index (χ3n) is 3.55. The van der Waals surface area contributed by atoms with Crippen molar-refractivity contribution in [1.29, 1.82) is 5.26 Å². The molecule has 1 aromatic rings. The Hall–Kier alpha value is -1.69. The van der Waals surface area contributed by atoms with Crippen molar-refractivity contribution in [3.63, 3.8) is 0 Å². The van der Waals surface area contributed by atoms with Gasteiger partial charge in [-0.2, -0.15) is 15.5 Å². The summed E-state index contributed by atoms with van der Waals surface area (Å²) in [6.45, 7) is 2.10. The maximum atomic E-state index is 9.39. The van der Waals surface area contributed by atoms with E-state index in [1.807, 2.05) is 30.3 Å². The van der Waals surface area contributed by atoms with E-state index in [2.05, 4.69) is 23.2 Å². The highest BCUT2D eigenvalue weighted by Gasteiger charge is 2.38. The first-order valence-electron chi connectivity index (χ1n) is 6.16. The highest BCUT2D eigenvalue weighted by Crippen LogP contribution is 2.37. The van der Waals surface area contributed by atoms with Crippen LogP contribution in [0.15, 0.2) is 40.6 Å². The number of hydrogen-bond donors (Lipinski definition) is 0. The zero-order valence-electron chi connectivity index (χ0n) is 10.1. The van der Waals surface area contributed by atoms with Crippen molar-refractivity contribution >= 4 is 5.69 Å². The van der Waals surface area contributed by atoms with Crippen LogP contribution in [0.1, 0.15) is 32.6 Å². The number of azo groups is 1. The lowest BCUT2D eigenvalue weighted by Gasteiger charge is -2.32. The van der Waals surface area contributed by atoms with Gasteiger partial charge in [0.05, 0.1) is 11.8 Å². The first-order valence-corrected chi connectivity index (χ1v) is 6.16. The third kappa shape index (κ3) is 2.52. The van der Waals surface area contributed by atoms with E-state index in [1.54, 1.807) is 0 Å². The largest absolute Gasteiger partial charge is 0.196 e. The summed E-state index contributed by atoms with van der Waals surface area (Å²) in [5.74, 6) is 0.300. The lowest BCUT2D eigenvalue weighted by molar-refractivity contribution is 0.258. The van der Waals surface area contributed by atoms with E-state index < -0.39 is 5.54 Å². The van der Waals surface area contributed by atoms with Crippen molar-refractivity contribution in [3.05, 3.63) is 30.3 Å². The summed E-state index contributed by atoms with van der Waals surface area (Å²) in [5.41, 5.74) is 0.216. The molecule has 0 N–H and O–H groups in total. The van der Waals surface area contributed by atoms with Gasteiger partial charge in [0.15, 0.2) is 5.54 Å². The molecule has 2 atom stereocenters. The van der Waals surface area contributed by atoms with Gasteiger partial charge in [-0.25, -0.2) is 0 Å². The molecule has 0 saturated heterocycles. The molecule has 0 bridgehead atoms. The van der Waals surface area contributed by atoms with Crippen LogP contribution in [0.3, 0.4) is 0 Å². The van der Waals surface area contributed by atoms with Gasteiger partial charge in [0.25, 0.3) is 0 Å². The second kappa shape index (κ2) is 5.09. The molecular formula is C14H17N3. The Labute approximate surface area is 102 Å². The van der Waals surface area contributed by atoms with Crippen LogP contribution in [0.25, 0.3) is 0 Å². The van der Waals surface area contributed by atoms with Crippen molar-refractivity contribution in [2.75, 3.05) is 0 Å². The summed E-state index contributed by atoms with van der Waals surface area (Å²) >= 11 is 0. The van der Waals surface area contributed by atoms with Gasteiger partial charge in [-0.3, -0.25) is 0 Å². The van der Waals surface area contributed by atoms with Crippen LogP contribution in [-0.2, 0) is 0 Å². The lowest BCUT2D eigenvalue weighted by Crippen LogP contribution is -2.35. The van der Waals surface area contributed by atoms with Gasteiger partial charge < -0.3 is 0 Å². The van der Waals surface area contributed by atoms with E-state index in [4.69, 9.17) is 0 Å². The summed E-state index contributed by atoms with van der Waals surface area (Å²) in [6.07, 6.45) is 4.18. The molecule has 17 heavy (non-hydrogen) atoms. The van der Waals surface area contributed by atoms with E-state index in [9.17, 15) is 5.26 Å². The number of rotatable bonds is 2. The second-order valence-corrected chi connectivity index (χ2v) is 4.72. The molecule has 0 radical (unpaired) electrons. The first kappa shape index (κ1) is 11.8. The molecule has 3 heteroatoms. The molecule has 3 nitrogen and oxygen atoms in total. The molecule has 88 valence electrons. The quantitative estimate of drug-likeness (QED) is 0.697. The average molecular weight is 227 g/mol. The number of nitriles is 1. The maximum absolute atomic E-state index is 9.39. The molecule has 1 aromatic carbocycles. The van der Waals surface area contributed by atoms with Crippen LogP contribution >= 0.6 is 0 Å². The SMILES string of the molecule is CC1CCCCC1(C#N)N=Nc1ccccc1. The molecule has 2 rings (SSSR count). The van der Waals surface area contributed by atoms with Crippen molar-refractivity contribution in [2.45, 2.75) is 38.1 Å². The Balaban J connectivity index is 2.20. The Morgan fingerprint density at radius 2 is 2.06 bits per heavy atom. The van der Waals surface area contributed by atoms with Crippen molar-refractivity contribution in [3.8, 4) is 6.07 Å². The smallest absolute Gasteiger partial charge is 0.170 e. The van der Waals surface area contributed by atoms with Crippen LogP contribution in [0, 0.1) is 17.2 Å². The lowest BCUT2D eigenvalue weighted by atomic mass is 9.75. The average Bonchev–Trinajstić information content (AvgIpc) is 2.39. The van der Waals surface area contributed by atoms with Gasteiger partial charge in [0.2, 0.25) is 0 Å². The topological polar surface area (TPSA) is 48.5 Å². The van der Waals surface area contributed by atoms with Gasteiger partial charge in [-0.15, -0.1) is 0 Å². The normalized spacial score (nSPS) is 29.1. The molecule has 2 unspecified atom stereocenters. The fraction of sp³-hybridized carbons (Fsp3) is 0.500. The maximum Gasteiger partial charge on any atom is 0.170 e. The van der Waals surface area contributed by atoms with E-state index in [0.29, 0.717) is 5.92 Å². The summed E-state index contributed by atoms with van der Waals surface area (Å²) in [6, 6.07) is 12.0. The number of hydrogen-bond acceptors (Lipinski definition) is 3. The first-order chi connectivity index (χ1) is 8.27. The van der Waals surface area contributed by atoms with Crippen LogP contribution in [0.2, 0.25) is 0 Å². The van der Waals surface area contributed by atoms with Crippen LogP contribution in [0.4, 0.5) is 5.69 Å². The van der Waals surface area contributed by atoms with Crippen molar-refractivity contribution in [1.82, 2.24) is 0 Å². The molecule has 0 aliphatic heterocycles. The van der Waals surface area contributed by atoms with E-state index in [0.717, 1.165) is 24.9 Å². The van der Waals surface area contributed by atoms with Gasteiger partial charge >= 0.3 is 0 Å². The number of nitrogens with zero attached hydrogens (tertiary/aromatic N) is 3. The summed E-state index contributed by atoms with van der Waals surface area (Å²) in [7, 11) is 0. The molecular weight excluding hydrogens is 210 g/mol. The molecule has 0 aromatic heterocycles. The van der Waals surface area contributed by atoms with Gasteiger partial charge in [-0.05, 0) is 37.3 Å². The number of benzene rings is 1.